The van der Waals surface area contributed by atoms with Gasteiger partial charge in [0, 0.05) is 10.7 Å². The lowest BCUT2D eigenvalue weighted by Gasteiger charge is -2.13. The Balaban J connectivity index is 2.47. The molecule has 2 aromatic rings. The number of aromatic carboxylic acids is 1. The predicted octanol–water partition coefficient (Wildman–Crippen LogP) is 4.35. The van der Waals surface area contributed by atoms with Crippen LogP contribution in [-0.2, 0) is 6.18 Å². The first-order chi connectivity index (χ1) is 9.79. The second kappa shape index (κ2) is 5.72. The minimum Gasteiger partial charge on any atom is -0.477 e. The van der Waals surface area contributed by atoms with E-state index in [0.29, 0.717) is 4.47 Å². The first-order valence-corrected chi connectivity index (χ1v) is 6.31. The lowest BCUT2D eigenvalue weighted by Crippen LogP contribution is -2.08. The highest BCUT2D eigenvalue weighted by atomic mass is 79.9. The average Bonchev–Trinajstić information content (AvgIpc) is 2.40. The predicted molar refractivity (Wildman–Crippen MR) is 70.4 cm³/mol. The summed E-state index contributed by atoms with van der Waals surface area (Å²) < 4.78 is 44.0. The van der Waals surface area contributed by atoms with Gasteiger partial charge in [-0.05, 0) is 34.1 Å². The number of aromatic nitrogens is 1. The van der Waals surface area contributed by atoms with Gasteiger partial charge < -0.3 is 9.84 Å². The molecule has 4 nitrogen and oxygen atoms in total. The molecule has 0 unspecified atom stereocenters. The molecule has 0 aliphatic heterocycles. The number of hydrogen-bond donors (Lipinski definition) is 1. The molecule has 0 fully saturated rings. The Hall–Kier alpha value is -2.09. The van der Waals surface area contributed by atoms with Crippen molar-refractivity contribution < 1.29 is 27.8 Å². The Labute approximate surface area is 125 Å². The number of ether oxygens (including phenoxy) is 1. The van der Waals surface area contributed by atoms with E-state index in [1.54, 1.807) is 0 Å². The highest BCUT2D eigenvalue weighted by Crippen LogP contribution is 2.38. The highest BCUT2D eigenvalue weighted by Gasteiger charge is 2.34. The topological polar surface area (TPSA) is 59.4 Å². The van der Waals surface area contributed by atoms with E-state index in [1.807, 2.05) is 0 Å². The summed E-state index contributed by atoms with van der Waals surface area (Å²) in [5.41, 5.74) is -1.35. The van der Waals surface area contributed by atoms with Crippen molar-refractivity contribution in [1.82, 2.24) is 4.98 Å². The van der Waals surface area contributed by atoms with Crippen LogP contribution in [0.1, 0.15) is 15.9 Å². The fraction of sp³-hybridized carbons (Fsp3) is 0.0769. The zero-order chi connectivity index (χ0) is 15.6. The molecule has 0 saturated heterocycles. The zero-order valence-corrected chi connectivity index (χ0v) is 11.8. The van der Waals surface area contributed by atoms with Crippen molar-refractivity contribution in [3.05, 3.63) is 52.1 Å². The van der Waals surface area contributed by atoms with E-state index in [0.717, 1.165) is 12.1 Å². The third-order valence-electron chi connectivity index (χ3n) is 2.45. The zero-order valence-electron chi connectivity index (χ0n) is 10.2. The third-order valence-corrected chi connectivity index (χ3v) is 2.88. The van der Waals surface area contributed by atoms with Gasteiger partial charge in [0.1, 0.15) is 11.3 Å². The largest absolute Gasteiger partial charge is 0.477 e. The summed E-state index contributed by atoms with van der Waals surface area (Å²) in [7, 11) is 0. The minimum absolute atomic E-state index is 0.346. The molecular formula is C13H7BrF3NO3. The van der Waals surface area contributed by atoms with E-state index in [4.69, 9.17) is 9.84 Å². The monoisotopic (exact) mass is 361 g/mol. The second-order valence-electron chi connectivity index (χ2n) is 3.91. The molecule has 0 spiro atoms. The molecule has 1 aromatic carbocycles. The molecule has 1 aromatic heterocycles. The number of alkyl halides is 3. The molecule has 0 bridgehead atoms. The minimum atomic E-state index is -4.62. The Morgan fingerprint density at radius 3 is 2.57 bits per heavy atom. The molecule has 0 atom stereocenters. The number of pyridine rings is 1. The van der Waals surface area contributed by atoms with Crippen LogP contribution in [0.3, 0.4) is 0 Å². The van der Waals surface area contributed by atoms with Crippen molar-refractivity contribution >= 4 is 21.9 Å². The summed E-state index contributed by atoms with van der Waals surface area (Å²) in [6.45, 7) is 0. The maximum atomic E-state index is 12.9. The van der Waals surface area contributed by atoms with Gasteiger partial charge in [-0.15, -0.1) is 0 Å². The summed E-state index contributed by atoms with van der Waals surface area (Å²) in [5, 5.41) is 9.03. The Bertz CT molecular complexity index is 689. The number of nitrogens with zero attached hydrogens (tertiary/aromatic N) is 1. The summed E-state index contributed by atoms with van der Waals surface area (Å²) in [6, 6.07) is 5.69. The molecule has 0 saturated carbocycles. The smallest absolute Gasteiger partial charge is 0.419 e. The maximum absolute atomic E-state index is 12.9. The molecule has 2 rings (SSSR count). The SMILES string of the molecule is O=C(O)c1cc(Br)cnc1Oc1ccccc1C(F)(F)F. The Morgan fingerprint density at radius 2 is 1.95 bits per heavy atom. The van der Waals surface area contributed by atoms with Gasteiger partial charge >= 0.3 is 12.1 Å². The first kappa shape index (κ1) is 15.3. The van der Waals surface area contributed by atoms with Crippen molar-refractivity contribution in [2.75, 3.05) is 0 Å². The van der Waals surface area contributed by atoms with Crippen molar-refractivity contribution in [2.24, 2.45) is 0 Å². The molecule has 1 heterocycles. The molecule has 0 radical (unpaired) electrons. The summed E-state index contributed by atoms with van der Waals surface area (Å²) in [6.07, 6.45) is -3.38. The van der Waals surface area contributed by atoms with Gasteiger partial charge in [0.15, 0.2) is 0 Å². The molecule has 21 heavy (non-hydrogen) atoms. The quantitative estimate of drug-likeness (QED) is 0.882. The standard InChI is InChI=1S/C13H7BrF3NO3/c14-7-5-8(12(19)20)11(18-6-7)21-10-4-2-1-3-9(10)13(15,16)17/h1-6H,(H,19,20). The van der Waals surface area contributed by atoms with Gasteiger partial charge in [-0.25, -0.2) is 9.78 Å². The molecule has 1 N–H and O–H groups in total. The number of para-hydroxylation sites is 1. The normalized spacial score (nSPS) is 11.2. The highest BCUT2D eigenvalue weighted by molar-refractivity contribution is 9.10. The van der Waals surface area contributed by atoms with Crippen LogP contribution in [0.5, 0.6) is 11.6 Å². The third kappa shape index (κ3) is 3.52. The molecule has 0 aliphatic rings. The number of carbonyl (C=O) groups is 1. The molecule has 8 heteroatoms. The fourth-order valence-corrected chi connectivity index (χ4v) is 1.89. The van der Waals surface area contributed by atoms with Crippen LogP contribution in [0, 0.1) is 0 Å². The van der Waals surface area contributed by atoms with Crippen LogP contribution in [0.2, 0.25) is 0 Å². The van der Waals surface area contributed by atoms with Gasteiger partial charge in [-0.1, -0.05) is 12.1 Å². The van der Waals surface area contributed by atoms with E-state index in [1.165, 1.54) is 24.4 Å². The van der Waals surface area contributed by atoms with Crippen molar-refractivity contribution in [3.63, 3.8) is 0 Å². The van der Waals surface area contributed by atoms with Crippen LogP contribution in [0.25, 0.3) is 0 Å². The number of carboxylic acid groups (broad SMARTS) is 1. The maximum Gasteiger partial charge on any atom is 0.419 e. The van der Waals surface area contributed by atoms with Gasteiger partial charge in [0.05, 0.1) is 5.56 Å². The first-order valence-electron chi connectivity index (χ1n) is 5.52. The van der Waals surface area contributed by atoms with Crippen LogP contribution in [0.15, 0.2) is 41.0 Å². The summed E-state index contributed by atoms with van der Waals surface area (Å²) >= 11 is 3.03. The van der Waals surface area contributed by atoms with E-state index < -0.39 is 29.3 Å². The Morgan fingerprint density at radius 1 is 1.29 bits per heavy atom. The van der Waals surface area contributed by atoms with Gasteiger partial charge in [0.2, 0.25) is 5.88 Å². The molecule has 110 valence electrons. The van der Waals surface area contributed by atoms with E-state index in [9.17, 15) is 18.0 Å². The summed E-state index contributed by atoms with van der Waals surface area (Å²) in [5.74, 6) is -2.28. The van der Waals surface area contributed by atoms with Crippen LogP contribution >= 0.6 is 15.9 Å². The number of hydrogen-bond acceptors (Lipinski definition) is 3. The van der Waals surface area contributed by atoms with Crippen LogP contribution in [-0.4, -0.2) is 16.1 Å². The van der Waals surface area contributed by atoms with E-state index in [-0.39, 0.29) is 5.56 Å². The molecular weight excluding hydrogens is 355 g/mol. The lowest BCUT2D eigenvalue weighted by molar-refractivity contribution is -0.138. The van der Waals surface area contributed by atoms with Gasteiger partial charge in [-0.3, -0.25) is 0 Å². The summed E-state index contributed by atoms with van der Waals surface area (Å²) in [4.78, 5) is 14.8. The Kier molecular flexibility index (Phi) is 4.17. The van der Waals surface area contributed by atoms with Gasteiger partial charge in [0.25, 0.3) is 0 Å². The van der Waals surface area contributed by atoms with Crippen molar-refractivity contribution in [2.45, 2.75) is 6.18 Å². The van der Waals surface area contributed by atoms with Crippen LogP contribution < -0.4 is 4.74 Å². The number of halogens is 4. The molecule has 0 aliphatic carbocycles. The number of carboxylic acids is 1. The number of benzene rings is 1. The van der Waals surface area contributed by atoms with E-state index >= 15 is 0 Å². The van der Waals surface area contributed by atoms with E-state index in [2.05, 4.69) is 20.9 Å². The van der Waals surface area contributed by atoms with Gasteiger partial charge in [-0.2, -0.15) is 13.2 Å². The van der Waals surface area contributed by atoms with Crippen molar-refractivity contribution in [3.8, 4) is 11.6 Å². The van der Waals surface area contributed by atoms with Crippen molar-refractivity contribution in [1.29, 1.82) is 0 Å². The fourth-order valence-electron chi connectivity index (χ4n) is 1.56. The van der Waals surface area contributed by atoms with Crippen LogP contribution in [0.4, 0.5) is 13.2 Å². The molecule has 0 amide bonds. The lowest BCUT2D eigenvalue weighted by atomic mass is 10.2. The number of rotatable bonds is 3. The average molecular weight is 362 g/mol. The second-order valence-corrected chi connectivity index (χ2v) is 4.82.